The third-order valence-corrected chi connectivity index (χ3v) is 3.13. The Bertz CT molecular complexity index is 629. The number of aliphatic hydroxyl groups excluding tert-OH is 1. The lowest BCUT2D eigenvalue weighted by molar-refractivity contribution is 0.251. The van der Waals surface area contributed by atoms with Gasteiger partial charge in [0.05, 0.1) is 13.2 Å². The minimum Gasteiger partial charge on any atom is -0.494 e. The van der Waals surface area contributed by atoms with Gasteiger partial charge < -0.3 is 20.5 Å². The quantitative estimate of drug-likeness (QED) is 0.768. The van der Waals surface area contributed by atoms with Gasteiger partial charge in [-0.1, -0.05) is 30.3 Å². The van der Waals surface area contributed by atoms with Crippen LogP contribution < -0.4 is 15.4 Å². The van der Waals surface area contributed by atoms with Gasteiger partial charge in [-0.2, -0.15) is 0 Å². The van der Waals surface area contributed by atoms with Crippen LogP contribution in [0.15, 0.2) is 48.5 Å². The standard InChI is InChI=1S/C17H20N2O3/c1-2-22-16-9-5-8-15(10-16)19-17(21)18-11-13-6-3-4-7-14(13)12-20/h3-10,20H,2,11-12H2,1H3,(H2,18,19,21). The number of carbonyl (C=O) groups excluding carboxylic acids is 1. The van der Waals surface area contributed by atoms with E-state index in [0.29, 0.717) is 24.6 Å². The molecular formula is C17H20N2O3. The van der Waals surface area contributed by atoms with Gasteiger partial charge in [0.15, 0.2) is 0 Å². The second kappa shape index (κ2) is 8.05. The van der Waals surface area contributed by atoms with Crippen molar-refractivity contribution >= 4 is 11.7 Å². The summed E-state index contributed by atoms with van der Waals surface area (Å²) in [5.74, 6) is 0.714. The number of aliphatic hydroxyl groups is 1. The molecule has 0 aliphatic heterocycles. The van der Waals surface area contributed by atoms with E-state index < -0.39 is 0 Å². The van der Waals surface area contributed by atoms with Crippen molar-refractivity contribution in [3.8, 4) is 5.75 Å². The van der Waals surface area contributed by atoms with Crippen LogP contribution in [0.4, 0.5) is 10.5 Å². The number of amides is 2. The summed E-state index contributed by atoms with van der Waals surface area (Å²) in [6.45, 7) is 2.79. The third kappa shape index (κ3) is 4.49. The molecule has 0 fully saturated rings. The molecule has 2 aromatic rings. The summed E-state index contributed by atoms with van der Waals surface area (Å²) in [5, 5.41) is 14.8. The maximum absolute atomic E-state index is 11.9. The fourth-order valence-corrected chi connectivity index (χ4v) is 2.07. The second-order valence-corrected chi connectivity index (χ2v) is 4.70. The SMILES string of the molecule is CCOc1cccc(NC(=O)NCc2ccccc2CO)c1. The van der Waals surface area contributed by atoms with E-state index in [-0.39, 0.29) is 12.6 Å². The van der Waals surface area contributed by atoms with E-state index in [1.54, 1.807) is 12.1 Å². The zero-order valence-electron chi connectivity index (χ0n) is 12.5. The molecule has 0 saturated heterocycles. The van der Waals surface area contributed by atoms with Gasteiger partial charge in [0, 0.05) is 18.3 Å². The summed E-state index contributed by atoms with van der Waals surface area (Å²) >= 11 is 0. The van der Waals surface area contributed by atoms with Crippen molar-refractivity contribution in [2.45, 2.75) is 20.1 Å². The Labute approximate surface area is 129 Å². The van der Waals surface area contributed by atoms with Crippen LogP contribution in [-0.4, -0.2) is 17.7 Å². The van der Waals surface area contributed by atoms with Gasteiger partial charge in [-0.3, -0.25) is 0 Å². The summed E-state index contributed by atoms with van der Waals surface area (Å²) in [5.41, 5.74) is 2.36. The Morgan fingerprint density at radius 3 is 2.64 bits per heavy atom. The molecule has 0 heterocycles. The summed E-state index contributed by atoms with van der Waals surface area (Å²) in [6.07, 6.45) is 0. The zero-order valence-corrected chi connectivity index (χ0v) is 12.5. The van der Waals surface area contributed by atoms with Crippen molar-refractivity contribution in [3.63, 3.8) is 0 Å². The van der Waals surface area contributed by atoms with E-state index in [1.165, 1.54) is 0 Å². The van der Waals surface area contributed by atoms with E-state index in [0.717, 1.165) is 11.1 Å². The minimum atomic E-state index is -0.304. The number of benzene rings is 2. The smallest absolute Gasteiger partial charge is 0.319 e. The van der Waals surface area contributed by atoms with Crippen molar-refractivity contribution in [1.82, 2.24) is 5.32 Å². The first-order valence-corrected chi connectivity index (χ1v) is 7.18. The molecule has 0 aromatic heterocycles. The lowest BCUT2D eigenvalue weighted by atomic mass is 10.1. The molecule has 0 bridgehead atoms. The third-order valence-electron chi connectivity index (χ3n) is 3.13. The molecule has 0 aliphatic rings. The highest BCUT2D eigenvalue weighted by molar-refractivity contribution is 5.89. The van der Waals surface area contributed by atoms with Crippen molar-refractivity contribution in [3.05, 3.63) is 59.7 Å². The number of rotatable bonds is 6. The molecule has 3 N–H and O–H groups in total. The number of ether oxygens (including phenoxy) is 1. The number of hydrogen-bond donors (Lipinski definition) is 3. The molecule has 0 saturated carbocycles. The molecule has 2 rings (SSSR count). The molecule has 0 spiro atoms. The maximum Gasteiger partial charge on any atom is 0.319 e. The number of hydrogen-bond acceptors (Lipinski definition) is 3. The summed E-state index contributed by atoms with van der Waals surface area (Å²) < 4.78 is 5.39. The Balaban J connectivity index is 1.91. The monoisotopic (exact) mass is 300 g/mol. The molecule has 0 radical (unpaired) electrons. The van der Waals surface area contributed by atoms with Crippen molar-refractivity contribution < 1.29 is 14.6 Å². The minimum absolute atomic E-state index is 0.0458. The van der Waals surface area contributed by atoms with Crippen LogP contribution in [0.25, 0.3) is 0 Å². The van der Waals surface area contributed by atoms with Crippen molar-refractivity contribution in [2.24, 2.45) is 0 Å². The molecule has 0 unspecified atom stereocenters. The molecule has 2 amide bonds. The van der Waals surface area contributed by atoms with Crippen LogP contribution >= 0.6 is 0 Å². The van der Waals surface area contributed by atoms with Gasteiger partial charge in [-0.05, 0) is 30.2 Å². The van der Waals surface area contributed by atoms with Crippen molar-refractivity contribution in [2.75, 3.05) is 11.9 Å². The summed E-state index contributed by atoms with van der Waals surface area (Å²) in [6, 6.07) is 14.4. The molecule has 0 atom stereocenters. The van der Waals surface area contributed by atoms with E-state index in [9.17, 15) is 9.90 Å². The average Bonchev–Trinajstić information content (AvgIpc) is 2.54. The van der Waals surface area contributed by atoms with Crippen LogP contribution in [0.3, 0.4) is 0 Å². The van der Waals surface area contributed by atoms with Crippen LogP contribution in [0.2, 0.25) is 0 Å². The molecule has 5 nitrogen and oxygen atoms in total. The van der Waals surface area contributed by atoms with E-state index in [1.807, 2.05) is 43.3 Å². The number of carbonyl (C=O) groups is 1. The molecular weight excluding hydrogens is 280 g/mol. The van der Waals surface area contributed by atoms with E-state index >= 15 is 0 Å². The number of urea groups is 1. The van der Waals surface area contributed by atoms with Crippen LogP contribution in [0.1, 0.15) is 18.1 Å². The van der Waals surface area contributed by atoms with Gasteiger partial charge in [0.1, 0.15) is 5.75 Å². The van der Waals surface area contributed by atoms with Gasteiger partial charge >= 0.3 is 6.03 Å². The van der Waals surface area contributed by atoms with Crippen molar-refractivity contribution in [1.29, 1.82) is 0 Å². The highest BCUT2D eigenvalue weighted by Gasteiger charge is 2.05. The average molecular weight is 300 g/mol. The molecule has 22 heavy (non-hydrogen) atoms. The molecule has 0 aliphatic carbocycles. The van der Waals surface area contributed by atoms with Gasteiger partial charge in [0.25, 0.3) is 0 Å². The van der Waals surface area contributed by atoms with Crippen LogP contribution in [0.5, 0.6) is 5.75 Å². The predicted molar refractivity (Wildman–Crippen MR) is 85.8 cm³/mol. The molecule has 2 aromatic carbocycles. The molecule has 116 valence electrons. The van der Waals surface area contributed by atoms with Gasteiger partial charge in [-0.15, -0.1) is 0 Å². The van der Waals surface area contributed by atoms with Crippen LogP contribution in [0, 0.1) is 0 Å². The lowest BCUT2D eigenvalue weighted by Gasteiger charge is -2.11. The number of nitrogens with one attached hydrogen (secondary N) is 2. The predicted octanol–water partition coefficient (Wildman–Crippen LogP) is 2.90. The summed E-state index contributed by atoms with van der Waals surface area (Å²) in [7, 11) is 0. The van der Waals surface area contributed by atoms with Crippen LogP contribution in [-0.2, 0) is 13.2 Å². The normalized spacial score (nSPS) is 10.1. The summed E-state index contributed by atoms with van der Waals surface area (Å²) in [4.78, 5) is 11.9. The topological polar surface area (TPSA) is 70.6 Å². The lowest BCUT2D eigenvalue weighted by Crippen LogP contribution is -2.28. The van der Waals surface area contributed by atoms with Gasteiger partial charge in [0.2, 0.25) is 0 Å². The fourth-order valence-electron chi connectivity index (χ4n) is 2.07. The molecule has 5 heteroatoms. The zero-order chi connectivity index (χ0) is 15.8. The first kappa shape index (κ1) is 15.9. The first-order valence-electron chi connectivity index (χ1n) is 7.18. The second-order valence-electron chi connectivity index (χ2n) is 4.70. The Morgan fingerprint density at radius 2 is 1.91 bits per heavy atom. The fraction of sp³-hybridized carbons (Fsp3) is 0.235. The highest BCUT2D eigenvalue weighted by atomic mass is 16.5. The Morgan fingerprint density at radius 1 is 1.14 bits per heavy atom. The van der Waals surface area contributed by atoms with E-state index in [2.05, 4.69) is 10.6 Å². The Hall–Kier alpha value is -2.53. The first-order chi connectivity index (χ1) is 10.7. The highest BCUT2D eigenvalue weighted by Crippen LogP contribution is 2.17. The van der Waals surface area contributed by atoms with E-state index in [4.69, 9.17) is 4.74 Å². The number of anilines is 1. The Kier molecular flexibility index (Phi) is 5.80. The largest absolute Gasteiger partial charge is 0.494 e. The maximum atomic E-state index is 11.9. The van der Waals surface area contributed by atoms with Gasteiger partial charge in [-0.25, -0.2) is 4.79 Å².